The van der Waals surface area contributed by atoms with E-state index in [1.807, 2.05) is 23.6 Å². The predicted molar refractivity (Wildman–Crippen MR) is 190 cm³/mol. The van der Waals surface area contributed by atoms with Gasteiger partial charge < -0.3 is 9.84 Å². The third kappa shape index (κ3) is 4.86. The molecule has 4 aromatic rings. The Morgan fingerprint density at radius 2 is 1.75 bits per heavy atom. The van der Waals surface area contributed by atoms with E-state index in [-0.39, 0.29) is 30.5 Å². The van der Waals surface area contributed by atoms with Gasteiger partial charge in [-0.25, -0.2) is 4.39 Å². The highest BCUT2D eigenvalue weighted by molar-refractivity contribution is 7.09. The van der Waals surface area contributed by atoms with Crippen LogP contribution in [0.4, 0.5) is 10.1 Å². The van der Waals surface area contributed by atoms with Gasteiger partial charge >= 0.3 is 0 Å². The summed E-state index contributed by atoms with van der Waals surface area (Å²) < 4.78 is 20.0. The molecule has 1 saturated carbocycles. The Labute approximate surface area is 306 Å². The van der Waals surface area contributed by atoms with Crippen LogP contribution in [0, 0.1) is 35.4 Å². The lowest BCUT2D eigenvalue weighted by molar-refractivity contribution is -0.141. The molecule has 2 aliphatic carbocycles. The zero-order valence-electron chi connectivity index (χ0n) is 27.5. The van der Waals surface area contributed by atoms with Gasteiger partial charge in [-0.1, -0.05) is 41.4 Å². The second-order valence-electron chi connectivity index (χ2n) is 14.0. The zero-order chi connectivity index (χ0) is 35.9. The lowest BCUT2D eigenvalue weighted by atomic mass is 9.48. The van der Waals surface area contributed by atoms with Gasteiger partial charge in [-0.3, -0.25) is 29.5 Å². The fourth-order valence-corrected chi connectivity index (χ4v) is 10.1. The normalized spacial score (nSPS) is 27.7. The Morgan fingerprint density at radius 3 is 2.50 bits per heavy atom. The number of allylic oxidation sites excluding steroid dienone is 3. The number of carbonyl (C=O) groups excluding carboxylic acids is 4. The number of rotatable bonds is 6. The van der Waals surface area contributed by atoms with Crippen molar-refractivity contribution in [2.45, 2.75) is 31.2 Å². The Balaban J connectivity index is 1.22. The molecule has 3 fully saturated rings. The molecule has 0 bridgehead atoms. The third-order valence-electron chi connectivity index (χ3n) is 11.4. The molecule has 6 unspecified atom stereocenters. The van der Waals surface area contributed by atoms with Crippen LogP contribution in [-0.2, 0) is 37.6 Å². The first-order chi connectivity index (χ1) is 25.1. The van der Waals surface area contributed by atoms with Crippen molar-refractivity contribution in [3.05, 3.63) is 135 Å². The first-order valence-electron chi connectivity index (χ1n) is 17.1. The summed E-state index contributed by atoms with van der Waals surface area (Å²) in [7, 11) is 0. The number of phenols is 1. The summed E-state index contributed by atoms with van der Waals surface area (Å²) in [6.07, 6.45) is 4.34. The van der Waals surface area contributed by atoms with Gasteiger partial charge in [0.2, 0.25) is 11.8 Å². The second kappa shape index (κ2) is 12.2. The highest BCUT2D eigenvalue weighted by atomic mass is 35.5. The molecule has 262 valence electrons. The largest absolute Gasteiger partial charge is 0.508 e. The van der Waals surface area contributed by atoms with E-state index in [9.17, 15) is 23.9 Å². The maximum absolute atomic E-state index is 15.3. The van der Waals surface area contributed by atoms with Gasteiger partial charge in [-0.2, -0.15) is 5.01 Å². The number of benzene rings is 3. The van der Waals surface area contributed by atoms with Crippen LogP contribution in [0.1, 0.15) is 28.8 Å². The summed E-state index contributed by atoms with van der Waals surface area (Å²) >= 11 is 7.86. The molecule has 2 saturated heterocycles. The van der Waals surface area contributed by atoms with E-state index in [0.717, 1.165) is 15.5 Å². The molecule has 52 heavy (non-hydrogen) atoms. The quantitative estimate of drug-likeness (QED) is 0.166. The number of amides is 4. The van der Waals surface area contributed by atoms with Gasteiger partial charge in [0.1, 0.15) is 17.3 Å². The third-order valence-corrected chi connectivity index (χ3v) is 12.5. The fraction of sp³-hybridized carbons (Fsp3) is 0.250. The molecule has 1 aromatic heterocycles. The van der Waals surface area contributed by atoms with Gasteiger partial charge in [-0.05, 0) is 95.9 Å². The van der Waals surface area contributed by atoms with Crippen LogP contribution in [-0.4, -0.2) is 38.6 Å². The van der Waals surface area contributed by atoms with Crippen molar-refractivity contribution in [2.24, 2.45) is 29.6 Å². The number of halogens is 2. The van der Waals surface area contributed by atoms with Crippen molar-refractivity contribution < 1.29 is 33.4 Å². The van der Waals surface area contributed by atoms with Crippen LogP contribution in [0.2, 0.25) is 5.02 Å². The first-order valence-corrected chi connectivity index (χ1v) is 18.3. The van der Waals surface area contributed by atoms with Gasteiger partial charge in [0.15, 0.2) is 0 Å². The van der Waals surface area contributed by atoms with Gasteiger partial charge in [0, 0.05) is 27.8 Å². The summed E-state index contributed by atoms with van der Waals surface area (Å²) in [5, 5.41) is 13.8. The molecular weight excluding hydrogens is 705 g/mol. The molecule has 5 aliphatic rings. The minimum atomic E-state index is -1.52. The number of hydrogen-bond acceptors (Lipinski definition) is 8. The predicted octanol–water partition coefficient (Wildman–Crippen LogP) is 6.78. The maximum atomic E-state index is 15.3. The molecule has 3 aromatic carbocycles. The standard InChI is InChI=1S/C40H31ClFN3O6S/c41-24-5-3-23(4-6-24)40-32(37(48)45(39(40)50)43-26-9-7-25(42)8-10-26)18-31-29(35(40)22-16-21-17-27(46)11-14-33(21)51-20-22)12-13-30-34(31)38(49)44(36(30)47)19-28-2-1-15-52-28/h1-12,14-15,17,20,30-32,34-35,43,46H,13,16,18-19H2. The van der Waals surface area contributed by atoms with Crippen LogP contribution < -0.4 is 10.2 Å². The van der Waals surface area contributed by atoms with Gasteiger partial charge in [-0.15, -0.1) is 11.3 Å². The van der Waals surface area contributed by atoms with Crippen LogP contribution >= 0.6 is 22.9 Å². The van der Waals surface area contributed by atoms with E-state index in [4.69, 9.17) is 16.3 Å². The SMILES string of the molecule is O=C1C2CC=C3C(CC4C(=O)N(Nc5ccc(F)cc5)C(=O)C4(c4ccc(Cl)cc4)C3C3=COc4ccc(O)cc4C3)C2C(=O)N1Cc1cccs1. The lowest BCUT2D eigenvalue weighted by Gasteiger charge is -2.51. The number of aromatic hydroxyl groups is 1. The number of anilines is 1. The Kier molecular flexibility index (Phi) is 7.64. The van der Waals surface area contributed by atoms with Crippen LogP contribution in [0.3, 0.4) is 0 Å². The highest BCUT2D eigenvalue weighted by Crippen LogP contribution is 2.63. The van der Waals surface area contributed by atoms with Crippen LogP contribution in [0.15, 0.2) is 108 Å². The molecular formula is C40H31ClFN3O6S. The second-order valence-corrected chi connectivity index (χ2v) is 15.5. The first kappa shape index (κ1) is 32.6. The fourth-order valence-electron chi connectivity index (χ4n) is 9.25. The number of hydrogen-bond donors (Lipinski definition) is 2. The van der Waals surface area contributed by atoms with Gasteiger partial charge in [0.25, 0.3) is 11.8 Å². The summed E-state index contributed by atoms with van der Waals surface area (Å²) in [5.41, 5.74) is 4.53. The maximum Gasteiger partial charge on any atom is 0.260 e. The summed E-state index contributed by atoms with van der Waals surface area (Å²) in [6.45, 7) is 0.179. The summed E-state index contributed by atoms with van der Waals surface area (Å²) in [6, 6.07) is 20.9. The smallest absolute Gasteiger partial charge is 0.260 e. The molecule has 0 spiro atoms. The van der Waals surface area contributed by atoms with E-state index < -0.39 is 52.6 Å². The van der Waals surface area contributed by atoms with E-state index >= 15 is 4.79 Å². The molecule has 6 atom stereocenters. The van der Waals surface area contributed by atoms with Crippen molar-refractivity contribution in [1.29, 1.82) is 0 Å². The Bertz CT molecular complexity index is 2220. The van der Waals surface area contributed by atoms with Crippen molar-refractivity contribution in [3.8, 4) is 11.5 Å². The number of thiophene rings is 1. The van der Waals surface area contributed by atoms with E-state index in [0.29, 0.717) is 46.0 Å². The highest BCUT2D eigenvalue weighted by Gasteiger charge is 2.70. The van der Waals surface area contributed by atoms with E-state index in [1.165, 1.54) is 46.6 Å². The number of phenolic OH excluding ortho intramolecular Hbond substituents is 1. The van der Waals surface area contributed by atoms with Crippen molar-refractivity contribution in [3.63, 3.8) is 0 Å². The van der Waals surface area contributed by atoms with Crippen molar-refractivity contribution in [2.75, 3.05) is 5.43 Å². The number of hydrazine groups is 1. The average Bonchev–Trinajstić information content (AvgIpc) is 3.81. The molecule has 12 heteroatoms. The van der Waals surface area contributed by atoms with E-state index in [1.54, 1.807) is 42.7 Å². The Morgan fingerprint density at radius 1 is 0.962 bits per heavy atom. The average molecular weight is 736 g/mol. The van der Waals surface area contributed by atoms with Gasteiger partial charge in [0.05, 0.1) is 41.7 Å². The number of fused-ring (bicyclic) bond motifs is 5. The number of carbonyl (C=O) groups is 4. The van der Waals surface area contributed by atoms with Crippen LogP contribution in [0.5, 0.6) is 11.5 Å². The zero-order valence-corrected chi connectivity index (χ0v) is 29.1. The molecule has 2 N–H and O–H groups in total. The number of imide groups is 2. The van der Waals surface area contributed by atoms with Crippen molar-refractivity contribution in [1.82, 2.24) is 9.91 Å². The minimum Gasteiger partial charge on any atom is -0.508 e. The molecule has 4 amide bonds. The van der Waals surface area contributed by atoms with E-state index in [2.05, 4.69) is 5.43 Å². The minimum absolute atomic E-state index is 0.0535. The monoisotopic (exact) mass is 735 g/mol. The summed E-state index contributed by atoms with van der Waals surface area (Å²) in [4.78, 5) is 60.6. The number of likely N-dealkylation sites (tertiary alicyclic amines) is 1. The summed E-state index contributed by atoms with van der Waals surface area (Å²) in [5.74, 6) is -5.00. The lowest BCUT2D eigenvalue weighted by Crippen LogP contribution is -2.55. The topological polar surface area (TPSA) is 116 Å². The van der Waals surface area contributed by atoms with Crippen molar-refractivity contribution >= 4 is 52.3 Å². The number of nitrogens with zero attached hydrogens (tertiary/aromatic N) is 2. The molecule has 3 aliphatic heterocycles. The molecule has 4 heterocycles. The molecule has 0 radical (unpaired) electrons. The van der Waals surface area contributed by atoms with Crippen LogP contribution in [0.25, 0.3) is 0 Å². The number of ether oxygens (including phenoxy) is 1. The number of nitrogens with one attached hydrogen (secondary N) is 1. The Hall–Kier alpha value is -5.26. The molecule has 9 rings (SSSR count). The molecule has 9 nitrogen and oxygen atoms in total.